The van der Waals surface area contributed by atoms with Gasteiger partial charge in [-0.05, 0) is 0 Å². The van der Waals surface area contributed by atoms with Crippen molar-refractivity contribution in [3.05, 3.63) is 0 Å². The molecule has 1 heterocycles. The molecule has 11 heteroatoms. The van der Waals surface area contributed by atoms with E-state index >= 15 is 0 Å². The molecule has 0 bridgehead atoms. The van der Waals surface area contributed by atoms with Crippen LogP contribution in [0.3, 0.4) is 0 Å². The monoisotopic (exact) mass is 391 g/mol. The van der Waals surface area contributed by atoms with Crippen LogP contribution in [0.4, 0.5) is 0 Å². The van der Waals surface area contributed by atoms with Crippen molar-refractivity contribution in [2.24, 2.45) is 0 Å². The molecule has 9 nitrogen and oxygen atoms in total. The number of hydrogen-bond donors (Lipinski definition) is 3. The Morgan fingerprint density at radius 1 is 1.33 bits per heavy atom. The van der Waals surface area contributed by atoms with Crippen molar-refractivity contribution in [2.75, 3.05) is 12.4 Å². The number of aliphatic hydroxyl groups is 3. The SMILES string of the molecule is C[As](C)(=O)C[C@H]1O[C@@H](OC[C@H](O)CS(=O)(=O)[O-])[C@H](O)[C@@H]1O. The van der Waals surface area contributed by atoms with Crippen molar-refractivity contribution >= 4 is 23.6 Å². The number of ether oxygens (including phenoxy) is 2. The van der Waals surface area contributed by atoms with Crippen LogP contribution in [-0.4, -0.2) is 84.8 Å². The summed E-state index contributed by atoms with van der Waals surface area (Å²) in [7, 11) is -4.60. The second-order valence-electron chi connectivity index (χ2n) is 5.49. The molecule has 0 aromatic rings. The van der Waals surface area contributed by atoms with Crippen LogP contribution in [0.2, 0.25) is 16.6 Å². The molecular weight excluding hydrogens is 371 g/mol. The van der Waals surface area contributed by atoms with Gasteiger partial charge in [0.2, 0.25) is 0 Å². The van der Waals surface area contributed by atoms with E-state index in [0.717, 1.165) is 0 Å². The molecule has 1 saturated heterocycles. The molecule has 1 aliphatic rings. The average molecular weight is 391 g/mol. The predicted molar refractivity (Wildman–Crippen MR) is 70.2 cm³/mol. The van der Waals surface area contributed by atoms with Gasteiger partial charge >= 0.3 is 125 Å². The molecule has 0 amide bonds. The molecule has 1 fully saturated rings. The van der Waals surface area contributed by atoms with E-state index in [9.17, 15) is 32.0 Å². The zero-order valence-corrected chi connectivity index (χ0v) is 14.3. The molecule has 0 aliphatic carbocycles. The molecule has 1 rings (SSSR count). The summed E-state index contributed by atoms with van der Waals surface area (Å²) in [5.74, 6) is -1.02. The standard InChI is InChI=1S/C10H21AsO9S/c1-11(2,15)3-7-8(13)9(14)10(20-7)19-4-6(12)5-21(16,17)18/h6-10,12-14H,3-5H2,1-2H3,(H,16,17,18)/p-1/t6-,7+,8+,9+,10+/m0/s1. The maximum atomic E-state index is 11.8. The van der Waals surface area contributed by atoms with E-state index in [1.54, 1.807) is 11.4 Å². The Morgan fingerprint density at radius 2 is 1.90 bits per heavy atom. The van der Waals surface area contributed by atoms with E-state index < -0.39 is 66.7 Å². The Kier molecular flexibility index (Phi) is 6.46. The van der Waals surface area contributed by atoms with Gasteiger partial charge in [-0.2, -0.15) is 0 Å². The molecule has 1 aliphatic heterocycles. The molecule has 3 N–H and O–H groups in total. The molecule has 0 radical (unpaired) electrons. The van der Waals surface area contributed by atoms with Crippen molar-refractivity contribution in [2.45, 2.75) is 47.3 Å². The van der Waals surface area contributed by atoms with Crippen molar-refractivity contribution in [1.82, 2.24) is 0 Å². The van der Waals surface area contributed by atoms with Crippen LogP contribution in [-0.2, 0) is 23.3 Å². The van der Waals surface area contributed by atoms with Crippen LogP contribution in [0.15, 0.2) is 0 Å². The number of rotatable bonds is 7. The number of aliphatic hydroxyl groups excluding tert-OH is 3. The predicted octanol–water partition coefficient (Wildman–Crippen LogP) is -2.01. The van der Waals surface area contributed by atoms with Crippen molar-refractivity contribution in [3.8, 4) is 0 Å². The second-order valence-corrected chi connectivity index (χ2v) is 14.3. The summed E-state index contributed by atoms with van der Waals surface area (Å²) in [5.41, 5.74) is 3.13. The molecule has 0 saturated carbocycles. The molecule has 21 heavy (non-hydrogen) atoms. The second kappa shape index (κ2) is 7.10. The van der Waals surface area contributed by atoms with E-state index in [2.05, 4.69) is 0 Å². The van der Waals surface area contributed by atoms with Crippen LogP contribution >= 0.6 is 0 Å². The topological polar surface area (TPSA) is 153 Å². The summed E-state index contributed by atoms with van der Waals surface area (Å²) in [6, 6.07) is 0. The van der Waals surface area contributed by atoms with E-state index in [-0.39, 0.29) is 5.21 Å². The first kappa shape index (κ1) is 19.1. The zero-order chi connectivity index (χ0) is 16.4. The van der Waals surface area contributed by atoms with Gasteiger partial charge < -0.3 is 0 Å². The fourth-order valence-electron chi connectivity index (χ4n) is 1.93. The Bertz CT molecular complexity index is 487. The Balaban J connectivity index is 2.52. The summed E-state index contributed by atoms with van der Waals surface area (Å²) in [6.07, 6.45) is -6.40. The summed E-state index contributed by atoms with van der Waals surface area (Å²) in [5, 5.41) is 28.9. The third kappa shape index (κ3) is 6.79. The Hall–Kier alpha value is 0.0684. The van der Waals surface area contributed by atoms with Gasteiger partial charge in [0.25, 0.3) is 0 Å². The first-order valence-electron chi connectivity index (χ1n) is 6.18. The van der Waals surface area contributed by atoms with Gasteiger partial charge in [-0.25, -0.2) is 0 Å². The number of hydrogen-bond acceptors (Lipinski definition) is 9. The van der Waals surface area contributed by atoms with Gasteiger partial charge in [0.15, 0.2) is 0 Å². The van der Waals surface area contributed by atoms with Crippen LogP contribution in [0, 0.1) is 0 Å². The zero-order valence-electron chi connectivity index (χ0n) is 11.7. The fraction of sp³-hybridized carbons (Fsp3) is 1.00. The molecule has 0 aromatic heterocycles. The summed E-state index contributed by atoms with van der Waals surface area (Å²) >= 11 is -3.10. The fourth-order valence-corrected chi connectivity index (χ4v) is 4.95. The Morgan fingerprint density at radius 3 is 2.38 bits per heavy atom. The average Bonchev–Trinajstić information content (AvgIpc) is 2.50. The molecule has 0 spiro atoms. The van der Waals surface area contributed by atoms with E-state index in [4.69, 9.17) is 9.47 Å². The summed E-state index contributed by atoms with van der Waals surface area (Å²) < 4.78 is 53.3. The first-order chi connectivity index (χ1) is 9.39. The quantitative estimate of drug-likeness (QED) is 0.330. The summed E-state index contributed by atoms with van der Waals surface area (Å²) in [6.45, 7) is -0.552. The molecular formula is C10H20AsO9S-. The van der Waals surface area contributed by atoms with Gasteiger partial charge in [-0.3, -0.25) is 0 Å². The van der Waals surface area contributed by atoms with E-state index in [0.29, 0.717) is 0 Å². The summed E-state index contributed by atoms with van der Waals surface area (Å²) in [4.78, 5) is 0. The van der Waals surface area contributed by atoms with Crippen molar-refractivity contribution in [3.63, 3.8) is 0 Å². The molecule has 0 aromatic carbocycles. The Labute approximate surface area is 125 Å². The van der Waals surface area contributed by atoms with Gasteiger partial charge in [0, 0.05) is 0 Å². The van der Waals surface area contributed by atoms with Gasteiger partial charge in [0.05, 0.1) is 0 Å². The van der Waals surface area contributed by atoms with Crippen LogP contribution in [0.1, 0.15) is 0 Å². The van der Waals surface area contributed by atoms with Crippen molar-refractivity contribution < 1.29 is 41.5 Å². The van der Waals surface area contributed by atoms with Gasteiger partial charge in [0.1, 0.15) is 0 Å². The van der Waals surface area contributed by atoms with Gasteiger partial charge in [-0.15, -0.1) is 0 Å². The molecule has 0 unspecified atom stereocenters. The minimum absolute atomic E-state index is 0.105. The van der Waals surface area contributed by atoms with Crippen LogP contribution in [0.25, 0.3) is 0 Å². The molecule has 126 valence electrons. The third-order valence-corrected chi connectivity index (χ3v) is 6.18. The van der Waals surface area contributed by atoms with E-state index in [1.807, 2.05) is 0 Å². The van der Waals surface area contributed by atoms with Crippen LogP contribution < -0.4 is 0 Å². The third-order valence-electron chi connectivity index (χ3n) is 2.79. The van der Waals surface area contributed by atoms with Gasteiger partial charge in [-0.1, -0.05) is 0 Å². The first-order valence-corrected chi connectivity index (χ1v) is 13.6. The van der Waals surface area contributed by atoms with Crippen molar-refractivity contribution in [1.29, 1.82) is 0 Å². The molecule has 5 atom stereocenters. The van der Waals surface area contributed by atoms with Crippen LogP contribution in [0.5, 0.6) is 0 Å². The normalized spacial score (nSPS) is 32.3. The van der Waals surface area contributed by atoms with E-state index in [1.165, 1.54) is 0 Å². The minimum atomic E-state index is -4.60. The maximum absolute atomic E-state index is 11.8.